The summed E-state index contributed by atoms with van der Waals surface area (Å²) in [6.07, 6.45) is 1.45. The van der Waals surface area contributed by atoms with Gasteiger partial charge in [-0.05, 0) is 40.4 Å². The average molecular weight is 303 g/mol. The zero-order valence-corrected chi connectivity index (χ0v) is 13.2. The van der Waals surface area contributed by atoms with Crippen molar-refractivity contribution in [2.24, 2.45) is 0 Å². The third-order valence-corrected chi connectivity index (χ3v) is 4.59. The second-order valence-corrected chi connectivity index (χ2v) is 6.11. The molecular formula is C21H21NO. The second kappa shape index (κ2) is 6.53. The van der Waals surface area contributed by atoms with Crippen molar-refractivity contribution in [3.8, 4) is 11.1 Å². The number of ether oxygens (including phenoxy) is 1. The van der Waals surface area contributed by atoms with Crippen molar-refractivity contribution >= 4 is 10.8 Å². The van der Waals surface area contributed by atoms with E-state index in [2.05, 4.69) is 72.0 Å². The van der Waals surface area contributed by atoms with Gasteiger partial charge in [0.2, 0.25) is 0 Å². The molecule has 1 fully saturated rings. The molecule has 0 bridgehead atoms. The fraction of sp³-hybridized carbons (Fsp3) is 0.238. The van der Waals surface area contributed by atoms with Crippen molar-refractivity contribution in [1.29, 1.82) is 0 Å². The molecule has 2 nitrogen and oxygen atoms in total. The first-order valence-corrected chi connectivity index (χ1v) is 8.30. The first-order valence-electron chi connectivity index (χ1n) is 8.30. The Balaban J connectivity index is 1.70. The molecule has 116 valence electrons. The Bertz CT molecular complexity index is 800. The summed E-state index contributed by atoms with van der Waals surface area (Å²) in [6.45, 7) is 2.71. The lowest BCUT2D eigenvalue weighted by Crippen LogP contribution is -2.16. The van der Waals surface area contributed by atoms with Crippen LogP contribution in [0.3, 0.4) is 0 Å². The number of hydrogen-bond donors (Lipinski definition) is 1. The van der Waals surface area contributed by atoms with Crippen molar-refractivity contribution in [2.75, 3.05) is 13.1 Å². The van der Waals surface area contributed by atoms with E-state index < -0.39 is 0 Å². The SMILES string of the molecule is c1ccc(-c2cccc3ccccc23)c(CO[C@H]2CCNC2)c1. The van der Waals surface area contributed by atoms with E-state index in [4.69, 9.17) is 4.74 Å². The molecule has 1 aliphatic heterocycles. The van der Waals surface area contributed by atoms with Crippen LogP contribution in [0.4, 0.5) is 0 Å². The minimum absolute atomic E-state index is 0.343. The summed E-state index contributed by atoms with van der Waals surface area (Å²) in [5.41, 5.74) is 3.82. The lowest BCUT2D eigenvalue weighted by Gasteiger charge is -2.15. The lowest BCUT2D eigenvalue weighted by molar-refractivity contribution is 0.0545. The van der Waals surface area contributed by atoms with E-state index in [1.807, 2.05) is 0 Å². The van der Waals surface area contributed by atoms with Crippen LogP contribution in [0.2, 0.25) is 0 Å². The quantitative estimate of drug-likeness (QED) is 0.772. The number of rotatable bonds is 4. The van der Waals surface area contributed by atoms with E-state index in [0.29, 0.717) is 12.7 Å². The summed E-state index contributed by atoms with van der Waals surface area (Å²) in [5.74, 6) is 0. The van der Waals surface area contributed by atoms with Gasteiger partial charge in [-0.2, -0.15) is 0 Å². The maximum atomic E-state index is 6.10. The highest BCUT2D eigenvalue weighted by Crippen LogP contribution is 2.31. The molecule has 1 aliphatic rings. The monoisotopic (exact) mass is 303 g/mol. The molecule has 4 rings (SSSR count). The summed E-state index contributed by atoms with van der Waals surface area (Å²) in [7, 11) is 0. The van der Waals surface area contributed by atoms with E-state index in [9.17, 15) is 0 Å². The Hall–Kier alpha value is -2.16. The lowest BCUT2D eigenvalue weighted by atomic mass is 9.95. The predicted octanol–water partition coefficient (Wildman–Crippen LogP) is 4.39. The van der Waals surface area contributed by atoms with Gasteiger partial charge in [-0.3, -0.25) is 0 Å². The van der Waals surface area contributed by atoms with Crippen LogP contribution in [0.1, 0.15) is 12.0 Å². The summed E-state index contributed by atoms with van der Waals surface area (Å²) in [6, 6.07) is 23.7. The Morgan fingerprint density at radius 3 is 2.57 bits per heavy atom. The van der Waals surface area contributed by atoms with Crippen molar-refractivity contribution < 1.29 is 4.74 Å². The Morgan fingerprint density at radius 1 is 0.870 bits per heavy atom. The molecular weight excluding hydrogens is 282 g/mol. The van der Waals surface area contributed by atoms with Crippen molar-refractivity contribution in [3.05, 3.63) is 72.3 Å². The van der Waals surface area contributed by atoms with Crippen LogP contribution >= 0.6 is 0 Å². The number of benzene rings is 3. The minimum atomic E-state index is 0.343. The van der Waals surface area contributed by atoms with Crippen LogP contribution in [-0.4, -0.2) is 19.2 Å². The number of fused-ring (bicyclic) bond motifs is 1. The van der Waals surface area contributed by atoms with Crippen LogP contribution < -0.4 is 5.32 Å². The molecule has 1 N–H and O–H groups in total. The fourth-order valence-corrected chi connectivity index (χ4v) is 3.35. The molecule has 2 heteroatoms. The number of nitrogens with one attached hydrogen (secondary N) is 1. The maximum Gasteiger partial charge on any atom is 0.0727 e. The summed E-state index contributed by atoms with van der Waals surface area (Å²) in [4.78, 5) is 0. The Labute approximate surface area is 137 Å². The van der Waals surface area contributed by atoms with E-state index in [0.717, 1.165) is 19.5 Å². The molecule has 0 spiro atoms. The zero-order valence-electron chi connectivity index (χ0n) is 13.2. The van der Waals surface area contributed by atoms with Gasteiger partial charge in [-0.15, -0.1) is 0 Å². The first-order chi connectivity index (χ1) is 11.4. The van der Waals surface area contributed by atoms with Gasteiger partial charge in [0.05, 0.1) is 12.7 Å². The molecule has 0 amide bonds. The number of hydrogen-bond acceptors (Lipinski definition) is 2. The Morgan fingerprint density at radius 2 is 1.65 bits per heavy atom. The van der Waals surface area contributed by atoms with Gasteiger partial charge in [0.25, 0.3) is 0 Å². The van der Waals surface area contributed by atoms with Crippen LogP contribution in [0.15, 0.2) is 66.7 Å². The van der Waals surface area contributed by atoms with Gasteiger partial charge in [0, 0.05) is 6.54 Å². The highest BCUT2D eigenvalue weighted by Gasteiger charge is 2.16. The first kappa shape index (κ1) is 14.4. The van der Waals surface area contributed by atoms with E-state index in [1.54, 1.807) is 0 Å². The molecule has 3 aromatic rings. The smallest absolute Gasteiger partial charge is 0.0727 e. The largest absolute Gasteiger partial charge is 0.372 e. The van der Waals surface area contributed by atoms with Crippen LogP contribution in [0.5, 0.6) is 0 Å². The summed E-state index contributed by atoms with van der Waals surface area (Å²) < 4.78 is 6.10. The highest BCUT2D eigenvalue weighted by atomic mass is 16.5. The molecule has 1 atom stereocenters. The third-order valence-electron chi connectivity index (χ3n) is 4.59. The van der Waals surface area contributed by atoms with Gasteiger partial charge in [-0.25, -0.2) is 0 Å². The molecule has 0 unspecified atom stereocenters. The Kier molecular flexibility index (Phi) is 4.10. The summed E-state index contributed by atoms with van der Waals surface area (Å²) in [5, 5.41) is 5.93. The zero-order chi connectivity index (χ0) is 15.5. The fourth-order valence-electron chi connectivity index (χ4n) is 3.35. The topological polar surface area (TPSA) is 21.3 Å². The van der Waals surface area contributed by atoms with Crippen molar-refractivity contribution in [1.82, 2.24) is 5.32 Å². The summed E-state index contributed by atoms with van der Waals surface area (Å²) >= 11 is 0. The third kappa shape index (κ3) is 3.00. The predicted molar refractivity (Wildman–Crippen MR) is 95.4 cm³/mol. The molecule has 0 aliphatic carbocycles. The van der Waals surface area contributed by atoms with Gasteiger partial charge >= 0.3 is 0 Å². The normalized spacial score (nSPS) is 17.7. The molecule has 1 saturated heterocycles. The molecule has 3 aromatic carbocycles. The van der Waals surface area contributed by atoms with Crippen molar-refractivity contribution in [2.45, 2.75) is 19.1 Å². The minimum Gasteiger partial charge on any atom is -0.372 e. The van der Waals surface area contributed by atoms with E-state index in [-0.39, 0.29) is 0 Å². The molecule has 0 radical (unpaired) electrons. The van der Waals surface area contributed by atoms with Gasteiger partial charge in [0.15, 0.2) is 0 Å². The molecule has 0 aromatic heterocycles. The highest BCUT2D eigenvalue weighted by molar-refractivity contribution is 5.97. The van der Waals surface area contributed by atoms with Crippen LogP contribution in [-0.2, 0) is 11.3 Å². The van der Waals surface area contributed by atoms with Crippen molar-refractivity contribution in [3.63, 3.8) is 0 Å². The van der Waals surface area contributed by atoms with Gasteiger partial charge in [0.1, 0.15) is 0 Å². The maximum absolute atomic E-state index is 6.10. The standard InChI is InChI=1S/C21H21NO/c1-3-9-19-16(6-1)8-5-11-21(19)20-10-4-2-7-17(20)15-23-18-12-13-22-14-18/h1-11,18,22H,12-15H2/t18-/m0/s1. The van der Waals surface area contributed by atoms with Crippen LogP contribution in [0.25, 0.3) is 21.9 Å². The molecule has 1 heterocycles. The molecule has 0 saturated carbocycles. The molecule has 23 heavy (non-hydrogen) atoms. The second-order valence-electron chi connectivity index (χ2n) is 6.11. The van der Waals surface area contributed by atoms with E-state index in [1.165, 1.54) is 27.5 Å². The van der Waals surface area contributed by atoms with Gasteiger partial charge < -0.3 is 10.1 Å². The van der Waals surface area contributed by atoms with Crippen LogP contribution in [0, 0.1) is 0 Å². The van der Waals surface area contributed by atoms with E-state index >= 15 is 0 Å². The average Bonchev–Trinajstić information content (AvgIpc) is 3.13. The van der Waals surface area contributed by atoms with Gasteiger partial charge in [-0.1, -0.05) is 66.7 Å².